The largest absolute Gasteiger partial charge is 0.493 e. The number of nitrogens with one attached hydrogen (secondary N) is 3. The Kier molecular flexibility index (Phi) is 12.5. The van der Waals surface area contributed by atoms with E-state index in [0.29, 0.717) is 24.0 Å². The Bertz CT molecular complexity index is 662. The second-order valence-electron chi connectivity index (χ2n) is 7.28. The molecule has 1 atom stereocenters. The molecular formula is C20H35IN4O4. The second-order valence-corrected chi connectivity index (χ2v) is 7.28. The van der Waals surface area contributed by atoms with Crippen LogP contribution in [0.1, 0.15) is 40.5 Å². The van der Waals surface area contributed by atoms with Gasteiger partial charge >= 0.3 is 6.09 Å². The number of carbonyl (C=O) groups is 1. The number of halogens is 1. The molecule has 0 aromatic heterocycles. The van der Waals surface area contributed by atoms with Crippen LogP contribution in [0.4, 0.5) is 10.5 Å². The molecule has 1 rings (SSSR count). The van der Waals surface area contributed by atoms with E-state index >= 15 is 0 Å². The summed E-state index contributed by atoms with van der Waals surface area (Å²) < 4.78 is 15.9. The van der Waals surface area contributed by atoms with Crippen LogP contribution in [-0.2, 0) is 4.74 Å². The van der Waals surface area contributed by atoms with Crippen LogP contribution in [0.2, 0.25) is 0 Å². The molecule has 0 aliphatic carbocycles. The first-order valence-electron chi connectivity index (χ1n) is 9.41. The standard InChI is InChI=1S/C20H34N4O4.HI/c1-8-9-15(24-19(25)28-20(2,3)4)13-22-18(21-5)23-14-10-11-16(26-6)17(12-14)27-7;/h10-12,15H,8-9,13H2,1-7H3,(H,24,25)(H2,21,22,23);1H. The first-order chi connectivity index (χ1) is 13.2. The SMILES string of the molecule is CCCC(CNC(=NC)Nc1ccc(OC)c(OC)c1)NC(=O)OC(C)(C)C.I. The molecule has 8 nitrogen and oxygen atoms in total. The molecule has 0 aliphatic rings. The number of hydrogen-bond acceptors (Lipinski definition) is 5. The first-order valence-corrected chi connectivity index (χ1v) is 9.41. The highest BCUT2D eigenvalue weighted by atomic mass is 127. The van der Waals surface area contributed by atoms with Crippen LogP contribution < -0.4 is 25.4 Å². The van der Waals surface area contributed by atoms with Crippen molar-refractivity contribution in [1.82, 2.24) is 10.6 Å². The Morgan fingerprint density at radius 1 is 1.17 bits per heavy atom. The van der Waals surface area contributed by atoms with Crippen LogP contribution >= 0.6 is 24.0 Å². The number of guanidine groups is 1. The van der Waals surface area contributed by atoms with Gasteiger partial charge in [-0.15, -0.1) is 24.0 Å². The van der Waals surface area contributed by atoms with Crippen molar-refractivity contribution in [3.63, 3.8) is 0 Å². The van der Waals surface area contributed by atoms with Crippen molar-refractivity contribution in [2.45, 2.75) is 52.2 Å². The highest BCUT2D eigenvalue weighted by Gasteiger charge is 2.19. The van der Waals surface area contributed by atoms with Crippen molar-refractivity contribution in [2.75, 3.05) is 33.1 Å². The number of carbonyl (C=O) groups excluding carboxylic acids is 1. The van der Waals surface area contributed by atoms with E-state index in [1.165, 1.54) is 0 Å². The molecule has 0 saturated carbocycles. The first kappa shape index (κ1) is 27.1. The Labute approximate surface area is 191 Å². The fraction of sp³-hybridized carbons (Fsp3) is 0.600. The summed E-state index contributed by atoms with van der Waals surface area (Å²) in [5.41, 5.74) is 0.275. The molecule has 1 unspecified atom stereocenters. The second kappa shape index (κ2) is 13.3. The number of benzene rings is 1. The Balaban J connectivity index is 0.00000784. The van der Waals surface area contributed by atoms with Crippen LogP contribution in [-0.4, -0.2) is 51.5 Å². The van der Waals surface area contributed by atoms with Gasteiger partial charge in [0.2, 0.25) is 0 Å². The molecule has 0 aliphatic heterocycles. The zero-order chi connectivity index (χ0) is 21.2. The summed E-state index contributed by atoms with van der Waals surface area (Å²) in [6, 6.07) is 5.44. The molecule has 0 saturated heterocycles. The van der Waals surface area contributed by atoms with Gasteiger partial charge in [0.05, 0.1) is 14.2 Å². The van der Waals surface area contributed by atoms with Gasteiger partial charge < -0.3 is 30.2 Å². The lowest BCUT2D eigenvalue weighted by Gasteiger charge is -2.24. The van der Waals surface area contributed by atoms with Gasteiger partial charge in [-0.2, -0.15) is 0 Å². The highest BCUT2D eigenvalue weighted by Crippen LogP contribution is 2.29. The van der Waals surface area contributed by atoms with E-state index in [9.17, 15) is 4.79 Å². The molecular weight excluding hydrogens is 487 g/mol. The number of methoxy groups -OCH3 is 2. The molecule has 0 heterocycles. The zero-order valence-electron chi connectivity index (χ0n) is 18.4. The number of anilines is 1. The molecule has 1 aromatic carbocycles. The molecule has 29 heavy (non-hydrogen) atoms. The monoisotopic (exact) mass is 522 g/mol. The lowest BCUT2D eigenvalue weighted by atomic mass is 10.1. The van der Waals surface area contributed by atoms with Crippen LogP contribution in [0.15, 0.2) is 23.2 Å². The van der Waals surface area contributed by atoms with Crippen LogP contribution in [0.3, 0.4) is 0 Å². The third kappa shape index (κ3) is 10.4. The van der Waals surface area contributed by atoms with Gasteiger partial charge in [-0.05, 0) is 39.3 Å². The third-order valence-electron chi connectivity index (χ3n) is 3.74. The predicted molar refractivity (Wildman–Crippen MR) is 128 cm³/mol. The van der Waals surface area contributed by atoms with Crippen molar-refractivity contribution < 1.29 is 19.0 Å². The quantitative estimate of drug-likeness (QED) is 0.272. The number of hydrogen-bond donors (Lipinski definition) is 3. The summed E-state index contributed by atoms with van der Waals surface area (Å²) >= 11 is 0. The topological polar surface area (TPSA) is 93.2 Å². The van der Waals surface area contributed by atoms with E-state index < -0.39 is 11.7 Å². The Morgan fingerprint density at radius 2 is 1.83 bits per heavy atom. The molecule has 9 heteroatoms. The highest BCUT2D eigenvalue weighted by molar-refractivity contribution is 14.0. The van der Waals surface area contributed by atoms with E-state index in [-0.39, 0.29) is 30.0 Å². The normalized spacial score (nSPS) is 12.3. The molecule has 3 N–H and O–H groups in total. The summed E-state index contributed by atoms with van der Waals surface area (Å²) in [7, 11) is 4.87. The van der Waals surface area contributed by atoms with E-state index in [2.05, 4.69) is 27.9 Å². The van der Waals surface area contributed by atoms with Crippen molar-refractivity contribution in [3.8, 4) is 11.5 Å². The zero-order valence-corrected chi connectivity index (χ0v) is 20.7. The van der Waals surface area contributed by atoms with Gasteiger partial charge in [-0.1, -0.05) is 13.3 Å². The van der Waals surface area contributed by atoms with Crippen molar-refractivity contribution >= 4 is 41.7 Å². The number of rotatable bonds is 8. The molecule has 1 amide bonds. The third-order valence-corrected chi connectivity index (χ3v) is 3.74. The van der Waals surface area contributed by atoms with Gasteiger partial charge in [0.1, 0.15) is 5.60 Å². The summed E-state index contributed by atoms with van der Waals surface area (Å²) in [4.78, 5) is 16.3. The average molecular weight is 522 g/mol. The lowest BCUT2D eigenvalue weighted by molar-refractivity contribution is 0.0502. The van der Waals surface area contributed by atoms with Crippen LogP contribution in [0.25, 0.3) is 0 Å². The maximum atomic E-state index is 12.0. The van der Waals surface area contributed by atoms with Gasteiger partial charge in [0.25, 0.3) is 0 Å². The molecule has 0 radical (unpaired) electrons. The summed E-state index contributed by atoms with van der Waals surface area (Å²) in [6.45, 7) is 8.11. The van der Waals surface area contributed by atoms with E-state index in [1.807, 2.05) is 39.0 Å². The fourth-order valence-electron chi connectivity index (χ4n) is 2.50. The summed E-state index contributed by atoms with van der Waals surface area (Å²) in [5, 5.41) is 9.34. The van der Waals surface area contributed by atoms with Gasteiger partial charge in [-0.25, -0.2) is 4.79 Å². The van der Waals surface area contributed by atoms with Crippen molar-refractivity contribution in [2.24, 2.45) is 4.99 Å². The minimum absolute atomic E-state index is 0. The number of alkyl carbamates (subject to hydrolysis) is 1. The Morgan fingerprint density at radius 3 is 2.34 bits per heavy atom. The van der Waals surface area contributed by atoms with E-state index in [4.69, 9.17) is 14.2 Å². The molecule has 1 aromatic rings. The van der Waals surface area contributed by atoms with Crippen molar-refractivity contribution in [3.05, 3.63) is 18.2 Å². The van der Waals surface area contributed by atoms with Gasteiger partial charge in [-0.3, -0.25) is 4.99 Å². The van der Waals surface area contributed by atoms with Gasteiger partial charge in [0, 0.05) is 31.4 Å². The number of aliphatic imine (C=N–C) groups is 1. The van der Waals surface area contributed by atoms with Gasteiger partial charge in [0.15, 0.2) is 17.5 Å². The average Bonchev–Trinajstić information content (AvgIpc) is 2.63. The molecule has 0 fully saturated rings. The predicted octanol–water partition coefficient (Wildman–Crippen LogP) is 4.00. The minimum Gasteiger partial charge on any atom is -0.493 e. The number of amides is 1. The number of nitrogens with zero attached hydrogens (tertiary/aromatic N) is 1. The maximum absolute atomic E-state index is 12.0. The molecule has 166 valence electrons. The molecule has 0 spiro atoms. The smallest absolute Gasteiger partial charge is 0.407 e. The minimum atomic E-state index is -0.528. The lowest BCUT2D eigenvalue weighted by Crippen LogP contribution is -2.46. The summed E-state index contributed by atoms with van der Waals surface area (Å²) in [6.07, 6.45) is 1.33. The van der Waals surface area contributed by atoms with E-state index in [1.54, 1.807) is 21.3 Å². The van der Waals surface area contributed by atoms with Crippen LogP contribution in [0.5, 0.6) is 11.5 Å². The maximum Gasteiger partial charge on any atom is 0.407 e. The fourth-order valence-corrected chi connectivity index (χ4v) is 2.50. The van der Waals surface area contributed by atoms with Crippen molar-refractivity contribution in [1.29, 1.82) is 0 Å². The molecule has 0 bridgehead atoms. The summed E-state index contributed by atoms with van der Waals surface area (Å²) in [5.74, 6) is 1.86. The van der Waals surface area contributed by atoms with Crippen LogP contribution in [0, 0.1) is 0 Å². The number of ether oxygens (including phenoxy) is 3. The van der Waals surface area contributed by atoms with E-state index in [0.717, 1.165) is 18.5 Å². The Hall–Kier alpha value is -1.91.